The summed E-state index contributed by atoms with van der Waals surface area (Å²) in [4.78, 5) is 0. The van der Waals surface area contributed by atoms with E-state index in [1.807, 2.05) is 6.07 Å². The third-order valence-electron chi connectivity index (χ3n) is 2.82. The molecule has 0 aromatic heterocycles. The van der Waals surface area contributed by atoms with Crippen molar-refractivity contribution in [1.29, 1.82) is 0 Å². The van der Waals surface area contributed by atoms with Crippen LogP contribution in [0.2, 0.25) is 10.0 Å². The summed E-state index contributed by atoms with van der Waals surface area (Å²) in [5.41, 5.74) is 2.51. The van der Waals surface area contributed by atoms with E-state index in [9.17, 15) is 0 Å². The Bertz CT molecular complexity index is 349. The van der Waals surface area contributed by atoms with Crippen molar-refractivity contribution in [2.75, 3.05) is 0 Å². The van der Waals surface area contributed by atoms with E-state index in [1.54, 1.807) is 0 Å². The van der Waals surface area contributed by atoms with Crippen LogP contribution in [0.25, 0.3) is 0 Å². The minimum atomic E-state index is 0.540. The summed E-state index contributed by atoms with van der Waals surface area (Å²) in [6.07, 6.45) is 2.12. The zero-order valence-corrected chi connectivity index (χ0v) is 9.62. The Morgan fingerprint density at radius 2 is 2.21 bits per heavy atom. The van der Waals surface area contributed by atoms with Gasteiger partial charge in [0.15, 0.2) is 0 Å². The molecule has 1 heterocycles. The van der Waals surface area contributed by atoms with Gasteiger partial charge in [-0.3, -0.25) is 0 Å². The van der Waals surface area contributed by atoms with E-state index in [4.69, 9.17) is 23.2 Å². The Morgan fingerprint density at radius 1 is 1.43 bits per heavy atom. The fourth-order valence-electron chi connectivity index (χ4n) is 1.88. The second-order valence-electron chi connectivity index (χ2n) is 3.69. The molecule has 76 valence electrons. The second kappa shape index (κ2) is 4.09. The molecular weight excluding hydrogens is 217 g/mol. The van der Waals surface area contributed by atoms with E-state index in [0.29, 0.717) is 11.1 Å². The van der Waals surface area contributed by atoms with Gasteiger partial charge < -0.3 is 5.32 Å². The fourth-order valence-corrected chi connectivity index (χ4v) is 2.32. The maximum absolute atomic E-state index is 6.17. The van der Waals surface area contributed by atoms with Gasteiger partial charge in [0.1, 0.15) is 0 Å². The summed E-state index contributed by atoms with van der Waals surface area (Å²) >= 11 is 12.2. The van der Waals surface area contributed by atoms with Gasteiger partial charge in [0.05, 0.1) is 10.0 Å². The number of hydrogen-bond acceptors (Lipinski definition) is 1. The molecule has 3 heteroatoms. The summed E-state index contributed by atoms with van der Waals surface area (Å²) in [5.74, 6) is 0. The predicted molar refractivity (Wildman–Crippen MR) is 61.1 cm³/mol. The van der Waals surface area contributed by atoms with Gasteiger partial charge in [0.25, 0.3) is 0 Å². The number of benzene rings is 1. The molecule has 0 spiro atoms. The molecule has 1 N–H and O–H groups in total. The molecule has 1 unspecified atom stereocenters. The van der Waals surface area contributed by atoms with Crippen LogP contribution in [-0.2, 0) is 13.0 Å². The van der Waals surface area contributed by atoms with Crippen LogP contribution in [0, 0.1) is 0 Å². The van der Waals surface area contributed by atoms with E-state index in [0.717, 1.165) is 24.4 Å². The SMILES string of the molecule is CCC1Cc2c(ccc(Cl)c2Cl)CN1. The highest BCUT2D eigenvalue weighted by Gasteiger charge is 2.19. The number of hydrogen-bond donors (Lipinski definition) is 1. The highest BCUT2D eigenvalue weighted by Crippen LogP contribution is 2.31. The average Bonchev–Trinajstić information content (AvgIpc) is 2.23. The molecule has 0 bridgehead atoms. The molecule has 1 aliphatic heterocycles. The molecule has 0 fully saturated rings. The smallest absolute Gasteiger partial charge is 0.0628 e. The van der Waals surface area contributed by atoms with Crippen LogP contribution < -0.4 is 5.32 Å². The van der Waals surface area contributed by atoms with Crippen LogP contribution in [0.5, 0.6) is 0 Å². The van der Waals surface area contributed by atoms with Gasteiger partial charge in [0.2, 0.25) is 0 Å². The summed E-state index contributed by atoms with van der Waals surface area (Å²) in [7, 11) is 0. The Balaban J connectivity index is 2.38. The molecule has 14 heavy (non-hydrogen) atoms. The van der Waals surface area contributed by atoms with Gasteiger partial charge in [-0.05, 0) is 30.0 Å². The van der Waals surface area contributed by atoms with Crippen LogP contribution in [0.1, 0.15) is 24.5 Å². The Morgan fingerprint density at radius 3 is 2.93 bits per heavy atom. The normalized spacial score (nSPS) is 20.6. The molecule has 0 saturated heterocycles. The summed E-state index contributed by atoms with van der Waals surface area (Å²) in [5, 5.41) is 4.88. The first kappa shape index (κ1) is 10.3. The first-order valence-electron chi connectivity index (χ1n) is 4.91. The summed E-state index contributed by atoms with van der Waals surface area (Å²) in [6.45, 7) is 3.09. The lowest BCUT2D eigenvalue weighted by Crippen LogP contribution is -2.35. The third-order valence-corrected chi connectivity index (χ3v) is 3.66. The number of halogens is 2. The molecular formula is C11H13Cl2N. The molecule has 0 amide bonds. The van der Waals surface area contributed by atoms with Gasteiger partial charge in [-0.2, -0.15) is 0 Å². The molecule has 1 aromatic carbocycles. The van der Waals surface area contributed by atoms with Crippen LogP contribution >= 0.6 is 23.2 Å². The molecule has 0 aliphatic carbocycles. The van der Waals surface area contributed by atoms with E-state index in [1.165, 1.54) is 11.1 Å². The summed E-state index contributed by atoms with van der Waals surface area (Å²) < 4.78 is 0. The first-order valence-corrected chi connectivity index (χ1v) is 5.67. The van der Waals surface area contributed by atoms with Crippen molar-refractivity contribution in [2.24, 2.45) is 0 Å². The lowest BCUT2D eigenvalue weighted by atomic mass is 9.94. The lowest BCUT2D eigenvalue weighted by Gasteiger charge is -2.26. The van der Waals surface area contributed by atoms with Gasteiger partial charge in [0, 0.05) is 12.6 Å². The molecule has 1 aliphatic rings. The zero-order valence-electron chi connectivity index (χ0n) is 8.11. The fraction of sp³-hybridized carbons (Fsp3) is 0.455. The van der Waals surface area contributed by atoms with Crippen molar-refractivity contribution in [1.82, 2.24) is 5.32 Å². The number of rotatable bonds is 1. The topological polar surface area (TPSA) is 12.0 Å². The van der Waals surface area contributed by atoms with Crippen LogP contribution in [0.3, 0.4) is 0 Å². The molecule has 1 nitrogen and oxygen atoms in total. The Kier molecular flexibility index (Phi) is 3.01. The van der Waals surface area contributed by atoms with E-state index < -0.39 is 0 Å². The van der Waals surface area contributed by atoms with Gasteiger partial charge in [-0.1, -0.05) is 36.2 Å². The van der Waals surface area contributed by atoms with Gasteiger partial charge in [-0.15, -0.1) is 0 Å². The second-order valence-corrected chi connectivity index (χ2v) is 4.47. The Labute approximate surface area is 94.4 Å². The van der Waals surface area contributed by atoms with Gasteiger partial charge >= 0.3 is 0 Å². The average molecular weight is 230 g/mol. The van der Waals surface area contributed by atoms with Crippen molar-refractivity contribution in [2.45, 2.75) is 32.4 Å². The monoisotopic (exact) mass is 229 g/mol. The Hall–Kier alpha value is -0.240. The van der Waals surface area contributed by atoms with E-state index >= 15 is 0 Å². The maximum atomic E-state index is 6.17. The van der Waals surface area contributed by atoms with Crippen molar-refractivity contribution >= 4 is 23.2 Å². The van der Waals surface area contributed by atoms with Crippen molar-refractivity contribution in [3.8, 4) is 0 Å². The summed E-state index contributed by atoms with van der Waals surface area (Å²) in [6, 6.07) is 4.47. The minimum Gasteiger partial charge on any atom is -0.310 e. The highest BCUT2D eigenvalue weighted by molar-refractivity contribution is 6.42. The molecule has 0 radical (unpaired) electrons. The molecule has 1 aromatic rings. The highest BCUT2D eigenvalue weighted by atomic mass is 35.5. The zero-order chi connectivity index (χ0) is 10.1. The standard InChI is InChI=1S/C11H13Cl2N/c1-2-8-5-9-7(6-14-8)3-4-10(12)11(9)13/h3-4,8,14H,2,5-6H2,1H3. The van der Waals surface area contributed by atoms with Crippen molar-refractivity contribution in [3.05, 3.63) is 33.3 Å². The lowest BCUT2D eigenvalue weighted by molar-refractivity contribution is 0.468. The van der Waals surface area contributed by atoms with Crippen LogP contribution in [-0.4, -0.2) is 6.04 Å². The largest absolute Gasteiger partial charge is 0.310 e. The maximum Gasteiger partial charge on any atom is 0.0628 e. The first-order chi connectivity index (χ1) is 6.72. The van der Waals surface area contributed by atoms with Crippen molar-refractivity contribution < 1.29 is 0 Å². The molecule has 0 saturated carbocycles. The predicted octanol–water partition coefficient (Wildman–Crippen LogP) is 3.42. The van der Waals surface area contributed by atoms with Gasteiger partial charge in [-0.25, -0.2) is 0 Å². The van der Waals surface area contributed by atoms with Crippen molar-refractivity contribution in [3.63, 3.8) is 0 Å². The van der Waals surface area contributed by atoms with E-state index in [-0.39, 0.29) is 0 Å². The van der Waals surface area contributed by atoms with E-state index in [2.05, 4.69) is 18.3 Å². The number of fused-ring (bicyclic) bond motifs is 1. The molecule has 2 rings (SSSR count). The minimum absolute atomic E-state index is 0.540. The molecule has 1 atom stereocenters. The van der Waals surface area contributed by atoms with Crippen LogP contribution in [0.4, 0.5) is 0 Å². The quantitative estimate of drug-likeness (QED) is 0.779. The van der Waals surface area contributed by atoms with Crippen LogP contribution in [0.15, 0.2) is 12.1 Å². The third kappa shape index (κ3) is 1.77. The number of nitrogens with one attached hydrogen (secondary N) is 1.